The van der Waals surface area contributed by atoms with Crippen LogP contribution in [0.3, 0.4) is 0 Å². The van der Waals surface area contributed by atoms with Gasteiger partial charge in [0.1, 0.15) is 0 Å². The Labute approximate surface area is 124 Å². The van der Waals surface area contributed by atoms with Crippen molar-refractivity contribution >= 4 is 17.7 Å². The Morgan fingerprint density at radius 1 is 1.24 bits per heavy atom. The number of terminal acetylenes is 1. The van der Waals surface area contributed by atoms with Gasteiger partial charge < -0.3 is 15.7 Å². The molecule has 0 heterocycles. The van der Waals surface area contributed by atoms with E-state index >= 15 is 0 Å². The summed E-state index contributed by atoms with van der Waals surface area (Å²) in [5.41, 5.74) is -0.859. The van der Waals surface area contributed by atoms with Gasteiger partial charge in [-0.3, -0.25) is 4.79 Å². The van der Waals surface area contributed by atoms with E-state index in [1.165, 1.54) is 0 Å². The lowest BCUT2D eigenvalue weighted by molar-refractivity contribution is -0.150. The zero-order valence-corrected chi connectivity index (χ0v) is 12.7. The van der Waals surface area contributed by atoms with Crippen molar-refractivity contribution in [3.63, 3.8) is 0 Å². The summed E-state index contributed by atoms with van der Waals surface area (Å²) >= 11 is 0. The van der Waals surface area contributed by atoms with Gasteiger partial charge in [0.2, 0.25) is 0 Å². The van der Waals surface area contributed by atoms with Crippen LogP contribution in [0.2, 0.25) is 0 Å². The highest BCUT2D eigenvalue weighted by Crippen LogP contribution is 2.30. The Balaban J connectivity index is 2.82. The van der Waals surface area contributed by atoms with Crippen molar-refractivity contribution in [2.75, 3.05) is 5.32 Å². The molecule has 0 spiro atoms. The summed E-state index contributed by atoms with van der Waals surface area (Å²) in [4.78, 5) is 23.3. The van der Waals surface area contributed by atoms with Crippen LogP contribution in [0.15, 0.2) is 24.3 Å². The molecule has 1 aromatic rings. The number of carboxylic acids is 1. The molecule has 21 heavy (non-hydrogen) atoms. The molecule has 2 amide bonds. The summed E-state index contributed by atoms with van der Waals surface area (Å²) in [5, 5.41) is 14.6. The summed E-state index contributed by atoms with van der Waals surface area (Å²) in [5.74, 6) is 1.49. The Hall–Kier alpha value is -2.48. The molecule has 0 aliphatic heterocycles. The molecule has 0 radical (unpaired) electrons. The number of aliphatic carboxylic acids is 1. The molecule has 1 aromatic carbocycles. The van der Waals surface area contributed by atoms with E-state index in [1.54, 1.807) is 52.0 Å². The molecule has 0 aliphatic carbocycles. The second kappa shape index (κ2) is 5.88. The third-order valence-corrected chi connectivity index (χ3v) is 3.81. The highest BCUT2D eigenvalue weighted by atomic mass is 16.4. The van der Waals surface area contributed by atoms with Crippen molar-refractivity contribution in [1.82, 2.24) is 5.32 Å². The van der Waals surface area contributed by atoms with Crippen LogP contribution in [0.25, 0.3) is 0 Å². The molecule has 5 heteroatoms. The maximum Gasteiger partial charge on any atom is 0.319 e. The number of anilines is 1. The molecule has 0 unspecified atom stereocenters. The number of benzene rings is 1. The summed E-state index contributed by atoms with van der Waals surface area (Å²) < 4.78 is 0. The number of hydrogen-bond donors (Lipinski definition) is 3. The van der Waals surface area contributed by atoms with E-state index in [0.29, 0.717) is 11.3 Å². The number of amides is 2. The van der Waals surface area contributed by atoms with Crippen LogP contribution >= 0.6 is 0 Å². The van der Waals surface area contributed by atoms with Crippen LogP contribution in [0.1, 0.15) is 33.3 Å². The molecule has 0 aromatic heterocycles. The Bertz CT molecular complexity index is 598. The van der Waals surface area contributed by atoms with Crippen molar-refractivity contribution in [2.45, 2.75) is 33.2 Å². The van der Waals surface area contributed by atoms with Crippen LogP contribution < -0.4 is 10.6 Å². The first-order valence-electron chi connectivity index (χ1n) is 6.49. The normalized spacial score (nSPS) is 11.4. The minimum Gasteiger partial charge on any atom is -0.481 e. The molecule has 3 N–H and O–H groups in total. The summed E-state index contributed by atoms with van der Waals surface area (Å²) in [6.07, 6.45) is 5.30. The number of carboxylic acid groups (broad SMARTS) is 1. The van der Waals surface area contributed by atoms with E-state index < -0.39 is 23.0 Å². The van der Waals surface area contributed by atoms with Crippen molar-refractivity contribution < 1.29 is 14.7 Å². The maximum absolute atomic E-state index is 12.0. The molecule has 0 bridgehead atoms. The first-order valence-corrected chi connectivity index (χ1v) is 6.49. The Morgan fingerprint density at radius 2 is 1.86 bits per heavy atom. The second-order valence-corrected chi connectivity index (χ2v) is 5.86. The maximum atomic E-state index is 12.0. The number of urea groups is 1. The minimum atomic E-state index is -1.12. The molecular formula is C16H20N2O3. The number of nitrogens with one attached hydrogen (secondary N) is 2. The molecule has 0 atom stereocenters. The molecule has 5 nitrogen and oxygen atoms in total. The van der Waals surface area contributed by atoms with E-state index in [9.17, 15) is 14.7 Å². The lowest BCUT2D eigenvalue weighted by atomic mass is 9.74. The SMILES string of the molecule is C#Cc1cccc(NC(=O)NC(C)(C)C(C)(C)C(=O)O)c1. The Kier molecular flexibility index (Phi) is 4.64. The van der Waals surface area contributed by atoms with Gasteiger partial charge in [-0.05, 0) is 45.9 Å². The smallest absolute Gasteiger partial charge is 0.319 e. The third kappa shape index (κ3) is 3.76. The quantitative estimate of drug-likeness (QED) is 0.745. The number of carbonyl (C=O) groups is 2. The van der Waals surface area contributed by atoms with E-state index in [1.807, 2.05) is 0 Å². The highest BCUT2D eigenvalue weighted by molar-refractivity contribution is 5.90. The average molecular weight is 288 g/mol. The first kappa shape index (κ1) is 16.6. The Morgan fingerprint density at radius 3 is 2.38 bits per heavy atom. The minimum absolute atomic E-state index is 0.483. The molecule has 0 aliphatic rings. The monoisotopic (exact) mass is 288 g/mol. The topological polar surface area (TPSA) is 78.4 Å². The molecule has 112 valence electrons. The van der Waals surface area contributed by atoms with Gasteiger partial charge in [-0.15, -0.1) is 6.42 Å². The van der Waals surface area contributed by atoms with Crippen molar-refractivity contribution in [3.05, 3.63) is 29.8 Å². The first-order chi connectivity index (χ1) is 9.60. The van der Waals surface area contributed by atoms with Crippen LogP contribution in [0.5, 0.6) is 0 Å². The van der Waals surface area contributed by atoms with E-state index in [2.05, 4.69) is 16.6 Å². The lowest BCUT2D eigenvalue weighted by Gasteiger charge is -2.38. The van der Waals surface area contributed by atoms with Gasteiger partial charge >= 0.3 is 12.0 Å². The zero-order chi connectivity index (χ0) is 16.3. The molecule has 0 saturated carbocycles. The van der Waals surface area contributed by atoms with Gasteiger partial charge in [-0.2, -0.15) is 0 Å². The van der Waals surface area contributed by atoms with Gasteiger partial charge in [0.05, 0.1) is 11.0 Å². The van der Waals surface area contributed by atoms with Crippen molar-refractivity contribution in [1.29, 1.82) is 0 Å². The third-order valence-electron chi connectivity index (χ3n) is 3.81. The fraction of sp³-hybridized carbons (Fsp3) is 0.375. The van der Waals surface area contributed by atoms with Crippen LogP contribution in [0, 0.1) is 17.8 Å². The number of carbonyl (C=O) groups excluding carboxylic acids is 1. The van der Waals surface area contributed by atoms with Gasteiger partial charge in [0, 0.05) is 11.3 Å². The van der Waals surface area contributed by atoms with Crippen molar-refractivity contribution in [3.8, 4) is 12.3 Å². The fourth-order valence-electron chi connectivity index (χ4n) is 1.56. The van der Waals surface area contributed by atoms with Crippen LogP contribution in [-0.4, -0.2) is 22.6 Å². The van der Waals surface area contributed by atoms with Gasteiger partial charge in [0.25, 0.3) is 0 Å². The van der Waals surface area contributed by atoms with Gasteiger partial charge in [-0.25, -0.2) is 4.79 Å². The predicted molar refractivity (Wildman–Crippen MR) is 82.0 cm³/mol. The summed E-state index contributed by atoms with van der Waals surface area (Å²) in [7, 11) is 0. The number of hydrogen-bond acceptors (Lipinski definition) is 2. The van der Waals surface area contributed by atoms with E-state index in [0.717, 1.165) is 0 Å². The van der Waals surface area contributed by atoms with E-state index in [4.69, 9.17) is 6.42 Å². The summed E-state index contributed by atoms with van der Waals surface area (Å²) in [6.45, 7) is 6.46. The zero-order valence-electron chi connectivity index (χ0n) is 12.7. The molecule has 1 rings (SSSR count). The summed E-state index contributed by atoms with van der Waals surface area (Å²) in [6, 6.07) is 6.37. The second-order valence-electron chi connectivity index (χ2n) is 5.86. The largest absolute Gasteiger partial charge is 0.481 e. The van der Waals surface area contributed by atoms with Gasteiger partial charge in [-0.1, -0.05) is 12.0 Å². The standard InChI is InChI=1S/C16H20N2O3/c1-6-11-8-7-9-12(10-11)17-14(21)18-16(4,5)15(2,3)13(19)20/h1,7-10H,2-5H3,(H,19,20)(H2,17,18,21). The highest BCUT2D eigenvalue weighted by Gasteiger charge is 2.44. The molecule has 0 fully saturated rings. The molecular weight excluding hydrogens is 268 g/mol. The van der Waals surface area contributed by atoms with E-state index in [-0.39, 0.29) is 0 Å². The van der Waals surface area contributed by atoms with Crippen LogP contribution in [-0.2, 0) is 4.79 Å². The van der Waals surface area contributed by atoms with Gasteiger partial charge in [0.15, 0.2) is 0 Å². The average Bonchev–Trinajstić information content (AvgIpc) is 2.37. The fourth-order valence-corrected chi connectivity index (χ4v) is 1.56. The van der Waals surface area contributed by atoms with Crippen molar-refractivity contribution in [2.24, 2.45) is 5.41 Å². The molecule has 0 saturated heterocycles. The number of rotatable bonds is 4. The van der Waals surface area contributed by atoms with Crippen LogP contribution in [0.4, 0.5) is 10.5 Å². The lowest BCUT2D eigenvalue weighted by Crippen LogP contribution is -2.57. The predicted octanol–water partition coefficient (Wildman–Crippen LogP) is 2.68.